The molecule has 2 bridgehead atoms. The van der Waals surface area contributed by atoms with Crippen LogP contribution in [0.1, 0.15) is 65.7 Å². The summed E-state index contributed by atoms with van der Waals surface area (Å²) in [6.07, 6.45) is 11.7. The van der Waals surface area contributed by atoms with Crippen LogP contribution in [0.4, 0.5) is 0 Å². The fourth-order valence-electron chi connectivity index (χ4n) is 4.43. The lowest BCUT2D eigenvalue weighted by atomic mass is 9.82. The minimum Gasteiger partial charge on any atom is -0.469 e. The maximum Gasteiger partial charge on any atom is 0.311 e. The molecular formula is C20H35NO4S. The molecule has 0 aromatic heterocycles. The lowest BCUT2D eigenvalue weighted by Crippen LogP contribution is -2.42. The Hall–Kier alpha value is -0.720. The van der Waals surface area contributed by atoms with E-state index >= 15 is 0 Å². The molecule has 2 aliphatic rings. The predicted octanol–water partition coefficient (Wildman–Crippen LogP) is 3.92. The van der Waals surface area contributed by atoms with Crippen LogP contribution < -0.4 is 4.72 Å². The SMILES string of the molecule is CCCOS(=O)NC1[C@H]2CC[C@H](C2)[C@H]1C/C=C\CCC(C)(C)C(=O)OC. The second kappa shape index (κ2) is 10.00. The Morgan fingerprint density at radius 1 is 1.27 bits per heavy atom. The molecule has 5 atom stereocenters. The number of allylic oxidation sites excluding steroid dienone is 2. The van der Waals surface area contributed by atoms with Crippen molar-refractivity contribution in [3.8, 4) is 0 Å². The zero-order valence-corrected chi connectivity index (χ0v) is 17.5. The van der Waals surface area contributed by atoms with Crippen molar-refractivity contribution < 1.29 is 17.9 Å². The normalized spacial score (nSPS) is 29.4. The summed E-state index contributed by atoms with van der Waals surface area (Å²) in [6, 6.07) is 0.294. The molecule has 1 N–H and O–H groups in total. The van der Waals surface area contributed by atoms with Gasteiger partial charge in [-0.05, 0) is 76.5 Å². The molecule has 0 aromatic carbocycles. The van der Waals surface area contributed by atoms with Crippen LogP contribution in [-0.4, -0.2) is 29.9 Å². The second-order valence-electron chi connectivity index (χ2n) is 8.32. The summed E-state index contributed by atoms with van der Waals surface area (Å²) in [5.74, 6) is 1.74. The largest absolute Gasteiger partial charge is 0.469 e. The molecule has 2 fully saturated rings. The number of nitrogens with one attached hydrogen (secondary N) is 1. The smallest absolute Gasteiger partial charge is 0.311 e. The minimum atomic E-state index is -1.38. The first-order chi connectivity index (χ1) is 12.4. The van der Waals surface area contributed by atoms with E-state index in [9.17, 15) is 9.00 Å². The summed E-state index contributed by atoms with van der Waals surface area (Å²) in [7, 11) is 1.44. The van der Waals surface area contributed by atoms with Gasteiger partial charge in [0.2, 0.25) is 11.3 Å². The summed E-state index contributed by atoms with van der Waals surface area (Å²) < 4.78 is 25.5. The number of methoxy groups -OCH3 is 1. The molecule has 26 heavy (non-hydrogen) atoms. The van der Waals surface area contributed by atoms with Gasteiger partial charge in [-0.3, -0.25) is 8.98 Å². The van der Waals surface area contributed by atoms with E-state index in [1.807, 2.05) is 20.8 Å². The van der Waals surface area contributed by atoms with E-state index < -0.39 is 16.7 Å². The molecule has 0 aromatic rings. The van der Waals surface area contributed by atoms with Crippen LogP contribution >= 0.6 is 0 Å². The van der Waals surface area contributed by atoms with Gasteiger partial charge in [0.25, 0.3) is 0 Å². The zero-order chi connectivity index (χ0) is 19.2. The fourth-order valence-corrected chi connectivity index (χ4v) is 5.41. The number of rotatable bonds is 11. The standard InChI is InChI=1S/C20H35NO4S/c1-5-13-25-26(23)21-18-16-11-10-15(14-16)17(18)9-7-6-8-12-20(2,3)19(22)24-4/h6-7,15-18,21H,5,8-14H2,1-4H3/b7-6-/t15-,16+,17-,18?,26?/m1/s1. The van der Waals surface area contributed by atoms with Crippen molar-refractivity contribution in [3.05, 3.63) is 12.2 Å². The molecule has 0 heterocycles. The summed E-state index contributed by atoms with van der Waals surface area (Å²) in [4.78, 5) is 11.7. The highest BCUT2D eigenvalue weighted by atomic mass is 32.2. The molecule has 0 aliphatic heterocycles. The molecule has 0 spiro atoms. The van der Waals surface area contributed by atoms with E-state index in [1.54, 1.807) is 0 Å². The number of fused-ring (bicyclic) bond motifs is 2. The van der Waals surface area contributed by atoms with Gasteiger partial charge in [0, 0.05) is 6.04 Å². The molecule has 0 amide bonds. The number of hydrogen-bond acceptors (Lipinski definition) is 4. The lowest BCUT2D eigenvalue weighted by molar-refractivity contribution is -0.151. The zero-order valence-electron chi connectivity index (χ0n) is 16.7. The average molecular weight is 386 g/mol. The summed E-state index contributed by atoms with van der Waals surface area (Å²) in [5, 5.41) is 0. The van der Waals surface area contributed by atoms with Gasteiger partial charge >= 0.3 is 5.97 Å². The fraction of sp³-hybridized carbons (Fsp3) is 0.850. The van der Waals surface area contributed by atoms with E-state index in [-0.39, 0.29) is 5.97 Å². The average Bonchev–Trinajstić information content (AvgIpc) is 3.21. The first-order valence-electron chi connectivity index (χ1n) is 9.93. The number of carbonyl (C=O) groups is 1. The highest BCUT2D eigenvalue weighted by molar-refractivity contribution is 7.78. The number of carbonyl (C=O) groups excluding carboxylic acids is 1. The van der Waals surface area contributed by atoms with Crippen molar-refractivity contribution in [2.24, 2.45) is 23.2 Å². The van der Waals surface area contributed by atoms with Crippen LogP contribution in [-0.2, 0) is 25.0 Å². The van der Waals surface area contributed by atoms with Gasteiger partial charge < -0.3 is 4.74 Å². The molecule has 150 valence electrons. The van der Waals surface area contributed by atoms with Crippen molar-refractivity contribution >= 4 is 17.2 Å². The molecular weight excluding hydrogens is 350 g/mol. The first kappa shape index (κ1) is 21.6. The van der Waals surface area contributed by atoms with Crippen molar-refractivity contribution in [2.75, 3.05) is 13.7 Å². The van der Waals surface area contributed by atoms with Crippen LogP contribution in [0.15, 0.2) is 12.2 Å². The van der Waals surface area contributed by atoms with Gasteiger partial charge in [0.05, 0.1) is 19.1 Å². The number of ether oxygens (including phenoxy) is 1. The molecule has 0 radical (unpaired) electrons. The van der Waals surface area contributed by atoms with E-state index in [0.717, 1.165) is 31.6 Å². The molecule has 2 aliphatic carbocycles. The van der Waals surface area contributed by atoms with Crippen molar-refractivity contribution in [2.45, 2.75) is 71.8 Å². The molecule has 2 saturated carbocycles. The van der Waals surface area contributed by atoms with Crippen LogP contribution in [0.5, 0.6) is 0 Å². The number of esters is 1. The third kappa shape index (κ3) is 5.64. The van der Waals surface area contributed by atoms with Gasteiger partial charge in [-0.1, -0.05) is 19.1 Å². The molecule has 5 nitrogen and oxygen atoms in total. The van der Waals surface area contributed by atoms with Crippen molar-refractivity contribution in [3.63, 3.8) is 0 Å². The van der Waals surface area contributed by atoms with E-state index in [4.69, 9.17) is 8.92 Å². The highest BCUT2D eigenvalue weighted by Crippen LogP contribution is 2.50. The lowest BCUT2D eigenvalue weighted by Gasteiger charge is -2.30. The van der Waals surface area contributed by atoms with Crippen LogP contribution in [0.25, 0.3) is 0 Å². The minimum absolute atomic E-state index is 0.155. The van der Waals surface area contributed by atoms with Crippen molar-refractivity contribution in [1.82, 2.24) is 4.72 Å². The van der Waals surface area contributed by atoms with Crippen LogP contribution in [0, 0.1) is 23.2 Å². The van der Waals surface area contributed by atoms with Gasteiger partial charge in [-0.25, -0.2) is 8.93 Å². The van der Waals surface area contributed by atoms with E-state index in [1.165, 1.54) is 26.4 Å². The Bertz CT molecular complexity index is 520. The van der Waals surface area contributed by atoms with E-state index in [2.05, 4.69) is 16.9 Å². The summed E-state index contributed by atoms with van der Waals surface area (Å²) >= 11 is -1.38. The van der Waals surface area contributed by atoms with Crippen LogP contribution in [0.2, 0.25) is 0 Å². The topological polar surface area (TPSA) is 64.6 Å². The Morgan fingerprint density at radius 2 is 2.00 bits per heavy atom. The third-order valence-corrected chi connectivity index (χ3v) is 6.81. The molecule has 0 saturated heterocycles. The predicted molar refractivity (Wildman–Crippen MR) is 104 cm³/mol. The molecule has 6 heteroatoms. The van der Waals surface area contributed by atoms with Crippen LogP contribution in [0.3, 0.4) is 0 Å². The van der Waals surface area contributed by atoms with Gasteiger partial charge in [0.15, 0.2) is 0 Å². The second-order valence-corrected chi connectivity index (χ2v) is 9.26. The summed E-state index contributed by atoms with van der Waals surface area (Å²) in [5.41, 5.74) is -0.441. The van der Waals surface area contributed by atoms with E-state index in [0.29, 0.717) is 24.5 Å². The summed E-state index contributed by atoms with van der Waals surface area (Å²) in [6.45, 7) is 6.40. The monoisotopic (exact) mass is 385 g/mol. The first-order valence-corrected chi connectivity index (χ1v) is 11.0. The van der Waals surface area contributed by atoms with Crippen molar-refractivity contribution in [1.29, 1.82) is 0 Å². The van der Waals surface area contributed by atoms with Gasteiger partial charge in [0.1, 0.15) is 0 Å². The maximum absolute atomic E-state index is 12.1. The Morgan fingerprint density at radius 3 is 2.69 bits per heavy atom. The maximum atomic E-state index is 12.1. The quantitative estimate of drug-likeness (QED) is 0.432. The third-order valence-electron chi connectivity index (χ3n) is 5.96. The Labute approximate surface area is 161 Å². The number of hydrogen-bond donors (Lipinski definition) is 1. The Kier molecular flexibility index (Phi) is 8.30. The Balaban J connectivity index is 1.81. The highest BCUT2D eigenvalue weighted by Gasteiger charge is 2.47. The van der Waals surface area contributed by atoms with Gasteiger partial charge in [-0.15, -0.1) is 0 Å². The molecule has 2 rings (SSSR count). The molecule has 2 unspecified atom stereocenters. The van der Waals surface area contributed by atoms with Gasteiger partial charge in [-0.2, -0.15) is 0 Å².